The van der Waals surface area contributed by atoms with E-state index >= 15 is 0 Å². The van der Waals surface area contributed by atoms with E-state index in [-0.39, 0.29) is 11.6 Å². The highest BCUT2D eigenvalue weighted by Gasteiger charge is 2.06. The SMILES string of the molecule is Nc1ncc(C#Cc2cccc(NC(=O)Nc3ccccc3F)c2)cn1. The molecule has 0 radical (unpaired) electrons. The van der Waals surface area contributed by atoms with Crippen molar-refractivity contribution in [1.29, 1.82) is 0 Å². The maximum atomic E-state index is 13.6. The molecule has 0 saturated carbocycles. The number of nitrogens with zero attached hydrogens (tertiary/aromatic N) is 2. The molecule has 0 bridgehead atoms. The zero-order chi connectivity index (χ0) is 18.4. The molecule has 0 unspecified atom stereocenters. The summed E-state index contributed by atoms with van der Waals surface area (Å²) in [5.74, 6) is 5.53. The average Bonchev–Trinajstić information content (AvgIpc) is 2.63. The van der Waals surface area contributed by atoms with Crippen molar-refractivity contribution in [3.05, 3.63) is 77.9 Å². The number of para-hydroxylation sites is 1. The van der Waals surface area contributed by atoms with Crippen molar-refractivity contribution in [3.63, 3.8) is 0 Å². The van der Waals surface area contributed by atoms with Crippen LogP contribution >= 0.6 is 0 Å². The first-order chi connectivity index (χ1) is 12.6. The Labute approximate surface area is 149 Å². The second-order valence-corrected chi connectivity index (χ2v) is 5.22. The van der Waals surface area contributed by atoms with Gasteiger partial charge in [-0.25, -0.2) is 19.2 Å². The van der Waals surface area contributed by atoms with Gasteiger partial charge in [-0.2, -0.15) is 0 Å². The number of rotatable bonds is 2. The van der Waals surface area contributed by atoms with Crippen LogP contribution in [0.2, 0.25) is 0 Å². The molecule has 0 atom stereocenters. The Bertz CT molecular complexity index is 993. The van der Waals surface area contributed by atoms with Crippen LogP contribution in [0.4, 0.5) is 26.5 Å². The van der Waals surface area contributed by atoms with Crippen LogP contribution in [0.25, 0.3) is 0 Å². The van der Waals surface area contributed by atoms with E-state index in [0.29, 0.717) is 16.8 Å². The molecule has 0 spiro atoms. The number of benzene rings is 2. The Balaban J connectivity index is 1.68. The van der Waals surface area contributed by atoms with Crippen LogP contribution < -0.4 is 16.4 Å². The summed E-state index contributed by atoms with van der Waals surface area (Å²) in [6, 6.07) is 12.3. The van der Waals surface area contributed by atoms with Gasteiger partial charge in [0, 0.05) is 23.6 Å². The van der Waals surface area contributed by atoms with Crippen molar-refractivity contribution in [2.45, 2.75) is 0 Å². The Kier molecular flexibility index (Phi) is 5.05. The van der Waals surface area contributed by atoms with E-state index in [4.69, 9.17) is 5.73 Å². The van der Waals surface area contributed by atoms with Crippen molar-refractivity contribution in [2.24, 2.45) is 0 Å². The maximum absolute atomic E-state index is 13.6. The van der Waals surface area contributed by atoms with Crippen LogP contribution in [-0.4, -0.2) is 16.0 Å². The summed E-state index contributed by atoms with van der Waals surface area (Å²) in [6.07, 6.45) is 3.05. The van der Waals surface area contributed by atoms with Crippen molar-refractivity contribution in [2.75, 3.05) is 16.4 Å². The minimum Gasteiger partial charge on any atom is -0.368 e. The first-order valence-corrected chi connectivity index (χ1v) is 7.62. The van der Waals surface area contributed by atoms with Gasteiger partial charge >= 0.3 is 6.03 Å². The minimum atomic E-state index is -0.549. The molecule has 6 nitrogen and oxygen atoms in total. The number of urea groups is 1. The maximum Gasteiger partial charge on any atom is 0.323 e. The van der Waals surface area contributed by atoms with Gasteiger partial charge in [0.2, 0.25) is 5.95 Å². The van der Waals surface area contributed by atoms with Crippen LogP contribution in [0.1, 0.15) is 11.1 Å². The summed E-state index contributed by atoms with van der Waals surface area (Å²) >= 11 is 0. The number of hydrogen-bond donors (Lipinski definition) is 3. The van der Waals surface area contributed by atoms with E-state index in [1.165, 1.54) is 24.5 Å². The van der Waals surface area contributed by atoms with Gasteiger partial charge in [0.15, 0.2) is 0 Å². The van der Waals surface area contributed by atoms with Crippen LogP contribution in [0, 0.1) is 17.7 Å². The van der Waals surface area contributed by atoms with Gasteiger partial charge in [-0.05, 0) is 30.3 Å². The Morgan fingerprint density at radius 2 is 1.69 bits per heavy atom. The largest absolute Gasteiger partial charge is 0.368 e. The van der Waals surface area contributed by atoms with Crippen LogP contribution in [0.3, 0.4) is 0 Å². The zero-order valence-electron chi connectivity index (χ0n) is 13.5. The second kappa shape index (κ2) is 7.77. The van der Waals surface area contributed by atoms with Crippen molar-refractivity contribution >= 4 is 23.4 Å². The third-order valence-corrected chi connectivity index (χ3v) is 3.27. The number of nitrogen functional groups attached to an aromatic ring is 1. The van der Waals surface area contributed by atoms with Crippen LogP contribution in [0.15, 0.2) is 60.9 Å². The first-order valence-electron chi connectivity index (χ1n) is 7.62. The summed E-state index contributed by atoms with van der Waals surface area (Å²) in [6.45, 7) is 0. The number of nitrogens with two attached hydrogens (primary N) is 1. The molecule has 26 heavy (non-hydrogen) atoms. The lowest BCUT2D eigenvalue weighted by atomic mass is 10.2. The molecular formula is C19H14FN5O. The fourth-order valence-electron chi connectivity index (χ4n) is 2.07. The first kappa shape index (κ1) is 16.9. The van der Waals surface area contributed by atoms with E-state index in [2.05, 4.69) is 32.4 Å². The quantitative estimate of drug-likeness (QED) is 0.621. The Morgan fingerprint density at radius 3 is 2.46 bits per heavy atom. The smallest absolute Gasteiger partial charge is 0.323 e. The van der Waals surface area contributed by atoms with Crippen molar-refractivity contribution in [3.8, 4) is 11.8 Å². The molecule has 2 aromatic carbocycles. The zero-order valence-corrected chi connectivity index (χ0v) is 13.5. The minimum absolute atomic E-state index is 0.101. The predicted octanol–water partition coefficient (Wildman–Crippen LogP) is 3.24. The average molecular weight is 347 g/mol. The van der Waals surface area contributed by atoms with Gasteiger partial charge in [-0.3, -0.25) is 0 Å². The molecule has 2 amide bonds. The van der Waals surface area contributed by atoms with Gasteiger partial charge in [-0.15, -0.1) is 0 Å². The van der Waals surface area contributed by atoms with E-state index in [9.17, 15) is 9.18 Å². The monoisotopic (exact) mass is 347 g/mol. The highest BCUT2D eigenvalue weighted by Crippen LogP contribution is 2.14. The number of hydrogen-bond acceptors (Lipinski definition) is 4. The van der Waals surface area contributed by atoms with Gasteiger partial charge in [0.1, 0.15) is 5.82 Å². The second-order valence-electron chi connectivity index (χ2n) is 5.22. The molecule has 0 aliphatic carbocycles. The van der Waals surface area contributed by atoms with Gasteiger partial charge in [0.05, 0.1) is 11.3 Å². The standard InChI is InChI=1S/C19H14FN5O/c20-16-6-1-2-7-17(16)25-19(26)24-15-5-3-4-13(10-15)8-9-14-11-22-18(21)23-12-14/h1-7,10-12H,(H2,21,22,23)(H2,24,25,26). The third-order valence-electron chi connectivity index (χ3n) is 3.27. The van der Waals surface area contributed by atoms with E-state index in [0.717, 1.165) is 0 Å². The van der Waals surface area contributed by atoms with E-state index in [1.807, 2.05) is 0 Å². The molecule has 128 valence electrons. The van der Waals surface area contributed by atoms with Crippen molar-refractivity contribution in [1.82, 2.24) is 9.97 Å². The molecule has 4 N–H and O–H groups in total. The lowest BCUT2D eigenvalue weighted by molar-refractivity contribution is 0.262. The molecule has 0 saturated heterocycles. The summed E-state index contributed by atoms with van der Waals surface area (Å²) in [4.78, 5) is 19.7. The molecule has 0 fully saturated rings. The molecule has 3 rings (SSSR count). The van der Waals surface area contributed by atoms with Crippen LogP contribution in [0.5, 0.6) is 0 Å². The molecule has 1 heterocycles. The molecule has 3 aromatic rings. The fourth-order valence-corrected chi connectivity index (χ4v) is 2.07. The van der Waals surface area contributed by atoms with E-state index in [1.54, 1.807) is 36.4 Å². The lowest BCUT2D eigenvalue weighted by Gasteiger charge is -2.08. The highest BCUT2D eigenvalue weighted by molar-refractivity contribution is 5.99. The number of nitrogens with one attached hydrogen (secondary N) is 2. The summed E-state index contributed by atoms with van der Waals surface area (Å²) in [7, 11) is 0. The Morgan fingerprint density at radius 1 is 0.962 bits per heavy atom. The Hall–Kier alpha value is -3.92. The molecular weight excluding hydrogens is 333 g/mol. The number of aromatic nitrogens is 2. The molecule has 1 aromatic heterocycles. The number of amides is 2. The van der Waals surface area contributed by atoms with E-state index < -0.39 is 11.8 Å². The summed E-state index contributed by atoms with van der Waals surface area (Å²) in [5, 5.41) is 5.09. The van der Waals surface area contributed by atoms with Crippen LogP contribution in [-0.2, 0) is 0 Å². The summed E-state index contributed by atoms with van der Waals surface area (Å²) in [5.41, 5.74) is 7.36. The summed E-state index contributed by atoms with van der Waals surface area (Å²) < 4.78 is 13.6. The fraction of sp³-hybridized carbons (Fsp3) is 0. The highest BCUT2D eigenvalue weighted by atomic mass is 19.1. The molecule has 0 aliphatic heterocycles. The molecule has 0 aliphatic rings. The normalized spacial score (nSPS) is 9.73. The predicted molar refractivity (Wildman–Crippen MR) is 97.9 cm³/mol. The van der Waals surface area contributed by atoms with Gasteiger partial charge in [-0.1, -0.05) is 30.0 Å². The van der Waals surface area contributed by atoms with Gasteiger partial charge < -0.3 is 16.4 Å². The number of halogens is 1. The lowest BCUT2D eigenvalue weighted by Crippen LogP contribution is -2.20. The van der Waals surface area contributed by atoms with Gasteiger partial charge in [0.25, 0.3) is 0 Å². The van der Waals surface area contributed by atoms with Crippen molar-refractivity contribution < 1.29 is 9.18 Å². The number of anilines is 3. The topological polar surface area (TPSA) is 92.9 Å². The molecule has 7 heteroatoms. The number of carbonyl (C=O) groups excluding carboxylic acids is 1. The number of carbonyl (C=O) groups is 1. The third kappa shape index (κ3) is 4.55.